The second-order valence-corrected chi connectivity index (χ2v) is 11.8. The standard InChI is InChI=1S/C30H34F3N9O3/c1-4-9-42-15-22(25(39-42)30(31,32)33)23-12-35-26(40(23)3)28(44)36-17-5-6-19(16(2)10-17)27(43)38-24-20-13-41(14-21(20)24)29(45)37-18-7-8-34-11-18/h4-6,10,12,15,18,20-21,24,34H,1,7-9,11,13-14H2,2-3H3,(H,36,44)(H,37,45)(H,38,43)/t18-,20-,21+,24?/m0/s1. The van der Waals surface area contributed by atoms with Crippen molar-refractivity contribution in [3.8, 4) is 11.3 Å². The van der Waals surface area contributed by atoms with Crippen LogP contribution in [0.3, 0.4) is 0 Å². The first-order valence-electron chi connectivity index (χ1n) is 14.7. The summed E-state index contributed by atoms with van der Waals surface area (Å²) in [4.78, 5) is 44.6. The van der Waals surface area contributed by atoms with Gasteiger partial charge in [-0.2, -0.15) is 18.3 Å². The van der Waals surface area contributed by atoms with E-state index in [1.54, 1.807) is 25.1 Å². The van der Waals surface area contributed by atoms with Gasteiger partial charge in [0.2, 0.25) is 0 Å². The van der Waals surface area contributed by atoms with Crippen molar-refractivity contribution in [3.63, 3.8) is 0 Å². The number of anilines is 1. The van der Waals surface area contributed by atoms with Crippen LogP contribution in [0.2, 0.25) is 0 Å². The Balaban J connectivity index is 1.06. The molecule has 15 heteroatoms. The van der Waals surface area contributed by atoms with Gasteiger partial charge in [-0.05, 0) is 43.7 Å². The SMILES string of the molecule is C=CCn1cc(-c2cnc(C(=O)Nc3ccc(C(=O)NC4[C@H]5CN(C(=O)N[C@H]6CCNC6)C[C@@H]45)c(C)c3)n2C)c(C(F)(F)F)n1. The molecule has 1 saturated carbocycles. The van der Waals surface area contributed by atoms with Gasteiger partial charge in [0.1, 0.15) is 0 Å². The summed E-state index contributed by atoms with van der Waals surface area (Å²) in [6, 6.07) is 4.96. The summed E-state index contributed by atoms with van der Waals surface area (Å²) in [5, 5.41) is 15.7. The maximum atomic E-state index is 13.7. The van der Waals surface area contributed by atoms with Gasteiger partial charge in [-0.25, -0.2) is 9.78 Å². The van der Waals surface area contributed by atoms with Crippen LogP contribution in [-0.4, -0.2) is 80.3 Å². The highest BCUT2D eigenvalue weighted by molar-refractivity contribution is 6.03. The Morgan fingerprint density at radius 1 is 1.16 bits per heavy atom. The average molecular weight is 626 g/mol. The number of alkyl halides is 3. The molecule has 0 radical (unpaired) electrons. The number of aryl methyl sites for hydroxylation is 1. The van der Waals surface area contributed by atoms with Gasteiger partial charge in [-0.1, -0.05) is 6.08 Å². The number of allylic oxidation sites excluding steroid dienone is 1. The van der Waals surface area contributed by atoms with Crippen LogP contribution in [0.25, 0.3) is 11.3 Å². The molecule has 1 aliphatic carbocycles. The zero-order valence-corrected chi connectivity index (χ0v) is 24.8. The number of aromatic nitrogens is 4. The summed E-state index contributed by atoms with van der Waals surface area (Å²) in [6.45, 7) is 8.27. The third kappa shape index (κ3) is 6.03. The number of nitrogens with one attached hydrogen (secondary N) is 4. The van der Waals surface area contributed by atoms with Crippen LogP contribution in [0.5, 0.6) is 0 Å². The quantitative estimate of drug-likeness (QED) is 0.284. The molecule has 2 aromatic heterocycles. The molecule has 1 aromatic carbocycles. The molecule has 45 heavy (non-hydrogen) atoms. The number of halogens is 3. The predicted molar refractivity (Wildman–Crippen MR) is 158 cm³/mol. The van der Waals surface area contributed by atoms with E-state index in [-0.39, 0.29) is 59.5 Å². The zero-order chi connectivity index (χ0) is 32.0. The Labute approximate surface area is 257 Å². The third-order valence-corrected chi connectivity index (χ3v) is 8.71. The molecule has 4 heterocycles. The highest BCUT2D eigenvalue weighted by atomic mass is 19.4. The van der Waals surface area contributed by atoms with Crippen molar-refractivity contribution in [1.82, 2.24) is 40.2 Å². The maximum absolute atomic E-state index is 13.7. The Hall–Kier alpha value is -4.66. The molecule has 2 saturated heterocycles. The second kappa shape index (κ2) is 11.7. The molecule has 6 rings (SSSR count). The van der Waals surface area contributed by atoms with Gasteiger partial charge in [0.15, 0.2) is 11.5 Å². The van der Waals surface area contributed by atoms with Gasteiger partial charge in [0.05, 0.1) is 24.0 Å². The van der Waals surface area contributed by atoms with Crippen LogP contribution in [0.15, 0.2) is 43.2 Å². The van der Waals surface area contributed by atoms with Gasteiger partial charge in [0.25, 0.3) is 11.8 Å². The molecule has 12 nitrogen and oxygen atoms in total. The first-order valence-corrected chi connectivity index (χ1v) is 14.7. The Morgan fingerprint density at radius 2 is 1.91 bits per heavy atom. The van der Waals surface area contributed by atoms with Gasteiger partial charge in [-0.3, -0.25) is 14.3 Å². The molecule has 2 aliphatic heterocycles. The number of benzene rings is 1. The largest absolute Gasteiger partial charge is 0.435 e. The van der Waals surface area contributed by atoms with E-state index < -0.39 is 17.8 Å². The van der Waals surface area contributed by atoms with E-state index in [2.05, 4.69) is 37.9 Å². The Morgan fingerprint density at radius 3 is 2.56 bits per heavy atom. The molecular formula is C30H34F3N9O3. The highest BCUT2D eigenvalue weighted by Gasteiger charge is 2.57. The minimum atomic E-state index is -4.71. The van der Waals surface area contributed by atoms with Crippen LogP contribution in [-0.2, 0) is 19.8 Å². The van der Waals surface area contributed by atoms with Gasteiger partial charge >= 0.3 is 12.2 Å². The van der Waals surface area contributed by atoms with Crippen LogP contribution in [0, 0.1) is 18.8 Å². The van der Waals surface area contributed by atoms with Gasteiger partial charge in [-0.15, -0.1) is 6.58 Å². The molecule has 0 bridgehead atoms. The van der Waals surface area contributed by atoms with Gasteiger partial charge in [0, 0.05) is 68.0 Å². The van der Waals surface area contributed by atoms with E-state index in [0.29, 0.717) is 29.9 Å². The lowest BCUT2D eigenvalue weighted by atomic mass is 10.1. The molecule has 1 unspecified atom stereocenters. The van der Waals surface area contributed by atoms with Crippen molar-refractivity contribution < 1.29 is 27.6 Å². The van der Waals surface area contributed by atoms with Crippen molar-refractivity contribution in [2.24, 2.45) is 18.9 Å². The fraction of sp³-hybridized carbons (Fsp3) is 0.433. The summed E-state index contributed by atoms with van der Waals surface area (Å²) in [6.07, 6.45) is 0.0872. The number of nitrogens with zero attached hydrogens (tertiary/aromatic N) is 5. The Kier molecular flexibility index (Phi) is 7.89. The molecule has 238 valence electrons. The molecule has 4 amide bonds. The number of amides is 4. The first kappa shape index (κ1) is 30.4. The van der Waals surface area contributed by atoms with Crippen molar-refractivity contribution in [2.45, 2.75) is 38.1 Å². The summed E-state index contributed by atoms with van der Waals surface area (Å²) >= 11 is 0. The molecule has 4 N–H and O–H groups in total. The number of fused-ring (bicyclic) bond motifs is 1. The van der Waals surface area contributed by atoms with Crippen molar-refractivity contribution in [1.29, 1.82) is 0 Å². The topological polar surface area (TPSA) is 138 Å². The van der Waals surface area contributed by atoms with Crippen molar-refractivity contribution >= 4 is 23.5 Å². The molecule has 3 fully saturated rings. The van der Waals surface area contributed by atoms with E-state index in [1.165, 1.54) is 30.1 Å². The number of carbonyl (C=O) groups excluding carboxylic acids is 3. The third-order valence-electron chi connectivity index (χ3n) is 8.71. The fourth-order valence-corrected chi connectivity index (χ4v) is 6.28. The smallest absolute Gasteiger partial charge is 0.349 e. The van der Waals surface area contributed by atoms with Crippen LogP contribution in [0.4, 0.5) is 23.7 Å². The molecule has 4 atom stereocenters. The van der Waals surface area contributed by atoms with Crippen molar-refractivity contribution in [3.05, 3.63) is 65.9 Å². The average Bonchev–Trinajstić information content (AvgIpc) is 3.59. The molecular weight excluding hydrogens is 591 g/mol. The van der Waals surface area contributed by atoms with E-state index in [4.69, 9.17) is 0 Å². The summed E-state index contributed by atoms with van der Waals surface area (Å²) < 4.78 is 43.4. The molecule has 3 aromatic rings. The highest BCUT2D eigenvalue weighted by Crippen LogP contribution is 2.45. The number of rotatable bonds is 8. The molecule has 3 aliphatic rings. The fourth-order valence-electron chi connectivity index (χ4n) is 6.28. The number of urea groups is 1. The van der Waals surface area contributed by atoms with Gasteiger partial charge < -0.3 is 30.7 Å². The predicted octanol–water partition coefficient (Wildman–Crippen LogP) is 2.78. The number of hydrogen-bond acceptors (Lipinski definition) is 6. The van der Waals surface area contributed by atoms with Crippen LogP contribution >= 0.6 is 0 Å². The normalized spacial score (nSPS) is 22.2. The second-order valence-electron chi connectivity index (χ2n) is 11.8. The van der Waals surface area contributed by atoms with Crippen LogP contribution in [0.1, 0.15) is 38.7 Å². The summed E-state index contributed by atoms with van der Waals surface area (Å²) in [7, 11) is 1.45. The minimum absolute atomic E-state index is 0.00725. The maximum Gasteiger partial charge on any atom is 0.435 e. The lowest BCUT2D eigenvalue weighted by Gasteiger charge is -2.23. The number of imidazole rings is 1. The number of likely N-dealkylation sites (tertiary alicyclic amines) is 1. The number of carbonyl (C=O) groups is 3. The summed E-state index contributed by atoms with van der Waals surface area (Å²) in [5.41, 5.74) is 0.270. The van der Waals surface area contributed by atoms with E-state index in [0.717, 1.165) is 24.2 Å². The lowest BCUT2D eigenvalue weighted by Crippen LogP contribution is -2.46. The van der Waals surface area contributed by atoms with Crippen LogP contribution < -0.4 is 21.3 Å². The Bertz CT molecular complexity index is 1650. The van der Waals surface area contributed by atoms with E-state index in [1.807, 2.05) is 4.90 Å². The minimum Gasteiger partial charge on any atom is -0.349 e. The van der Waals surface area contributed by atoms with E-state index >= 15 is 0 Å². The zero-order valence-electron chi connectivity index (χ0n) is 24.8. The van der Waals surface area contributed by atoms with Crippen molar-refractivity contribution in [2.75, 3.05) is 31.5 Å². The number of piperidine rings is 1. The lowest BCUT2D eigenvalue weighted by molar-refractivity contribution is -0.141. The first-order chi connectivity index (χ1) is 21.4. The van der Waals surface area contributed by atoms with E-state index in [9.17, 15) is 27.6 Å². The monoisotopic (exact) mass is 625 g/mol. The molecule has 0 spiro atoms. The number of hydrogen-bond donors (Lipinski definition) is 4. The summed E-state index contributed by atoms with van der Waals surface area (Å²) in [5.74, 6) is -0.505.